The summed E-state index contributed by atoms with van der Waals surface area (Å²) >= 11 is 0. The van der Waals surface area contributed by atoms with E-state index < -0.39 is 11.6 Å². The number of anilines is 2. The lowest BCUT2D eigenvalue weighted by Crippen LogP contribution is -2.44. The number of hydrogen-bond donors (Lipinski definition) is 1. The van der Waals surface area contributed by atoms with Crippen LogP contribution in [0.15, 0.2) is 30.3 Å². The van der Waals surface area contributed by atoms with E-state index in [9.17, 15) is 13.6 Å². The number of carbonyl (C=O) groups is 1. The Labute approximate surface area is 175 Å². The van der Waals surface area contributed by atoms with Crippen LogP contribution in [0.4, 0.5) is 20.2 Å². The van der Waals surface area contributed by atoms with Gasteiger partial charge in [0.2, 0.25) is 0 Å². The molecule has 0 bridgehead atoms. The summed E-state index contributed by atoms with van der Waals surface area (Å²) in [7, 11) is 1.67. The van der Waals surface area contributed by atoms with E-state index in [2.05, 4.69) is 20.7 Å². The SMILES string of the molecule is Cn1nnc(C[C@@H]2COc3cc(F)ccc3N2Cc2cc3c(cc2F)OCC(=O)N3)n1. The fourth-order valence-electron chi connectivity index (χ4n) is 3.76. The Morgan fingerprint density at radius 3 is 2.87 bits per heavy atom. The van der Waals surface area contributed by atoms with E-state index in [-0.39, 0.29) is 37.5 Å². The van der Waals surface area contributed by atoms with Gasteiger partial charge in [-0.25, -0.2) is 8.78 Å². The Morgan fingerprint density at radius 1 is 1.19 bits per heavy atom. The molecule has 31 heavy (non-hydrogen) atoms. The Balaban J connectivity index is 1.50. The molecule has 0 spiro atoms. The molecule has 0 saturated heterocycles. The maximum absolute atomic E-state index is 14.9. The van der Waals surface area contributed by atoms with Crippen molar-refractivity contribution in [1.29, 1.82) is 0 Å². The molecule has 11 heteroatoms. The van der Waals surface area contributed by atoms with Gasteiger partial charge >= 0.3 is 0 Å². The van der Waals surface area contributed by atoms with E-state index in [1.165, 1.54) is 23.0 Å². The summed E-state index contributed by atoms with van der Waals surface area (Å²) < 4.78 is 39.7. The minimum Gasteiger partial charge on any atom is -0.489 e. The average Bonchev–Trinajstić information content (AvgIpc) is 3.15. The third-order valence-electron chi connectivity index (χ3n) is 5.19. The predicted octanol–water partition coefficient (Wildman–Crippen LogP) is 1.83. The first-order chi connectivity index (χ1) is 15.0. The summed E-state index contributed by atoms with van der Waals surface area (Å²) in [6, 6.07) is 6.80. The maximum atomic E-state index is 14.9. The molecule has 3 heterocycles. The summed E-state index contributed by atoms with van der Waals surface area (Å²) in [4.78, 5) is 14.9. The van der Waals surface area contributed by atoms with E-state index in [4.69, 9.17) is 9.47 Å². The Bertz CT molecular complexity index is 1170. The Hall–Kier alpha value is -3.76. The van der Waals surface area contributed by atoms with Crippen molar-refractivity contribution >= 4 is 17.3 Å². The number of benzene rings is 2. The number of rotatable bonds is 4. The molecule has 9 nitrogen and oxygen atoms in total. The number of aryl methyl sites for hydroxylation is 1. The van der Waals surface area contributed by atoms with Crippen LogP contribution in [0.5, 0.6) is 11.5 Å². The van der Waals surface area contributed by atoms with E-state index in [0.717, 1.165) is 0 Å². The molecular formula is C20H18F2N6O3. The van der Waals surface area contributed by atoms with Gasteiger partial charge in [0.25, 0.3) is 5.91 Å². The molecule has 1 atom stereocenters. The molecule has 0 fully saturated rings. The number of ether oxygens (including phenoxy) is 2. The van der Waals surface area contributed by atoms with E-state index in [1.807, 2.05) is 4.90 Å². The largest absolute Gasteiger partial charge is 0.489 e. The quantitative estimate of drug-likeness (QED) is 0.678. The van der Waals surface area contributed by atoms with Crippen LogP contribution >= 0.6 is 0 Å². The summed E-state index contributed by atoms with van der Waals surface area (Å²) in [5.41, 5.74) is 1.38. The zero-order valence-corrected chi connectivity index (χ0v) is 16.5. The number of aromatic nitrogens is 4. The Morgan fingerprint density at radius 2 is 2.06 bits per heavy atom. The van der Waals surface area contributed by atoms with Crippen LogP contribution in [0, 0.1) is 11.6 Å². The Kier molecular flexibility index (Phi) is 4.64. The first kappa shape index (κ1) is 19.2. The van der Waals surface area contributed by atoms with Crippen molar-refractivity contribution in [2.45, 2.75) is 19.0 Å². The van der Waals surface area contributed by atoms with Gasteiger partial charge in [-0.1, -0.05) is 0 Å². The van der Waals surface area contributed by atoms with E-state index in [0.29, 0.717) is 34.9 Å². The molecule has 0 saturated carbocycles. The van der Waals surface area contributed by atoms with Gasteiger partial charge in [-0.3, -0.25) is 4.79 Å². The van der Waals surface area contributed by atoms with Crippen molar-refractivity contribution in [1.82, 2.24) is 20.2 Å². The highest BCUT2D eigenvalue weighted by Gasteiger charge is 2.31. The van der Waals surface area contributed by atoms with Crippen molar-refractivity contribution in [3.8, 4) is 11.5 Å². The van der Waals surface area contributed by atoms with Gasteiger partial charge in [0.05, 0.1) is 24.5 Å². The van der Waals surface area contributed by atoms with Crippen molar-refractivity contribution < 1.29 is 23.0 Å². The molecule has 3 aromatic rings. The van der Waals surface area contributed by atoms with Crippen LogP contribution in [0.2, 0.25) is 0 Å². The molecule has 2 aromatic carbocycles. The zero-order valence-electron chi connectivity index (χ0n) is 16.5. The van der Waals surface area contributed by atoms with Gasteiger partial charge in [-0.15, -0.1) is 10.2 Å². The number of carbonyl (C=O) groups excluding carboxylic acids is 1. The van der Waals surface area contributed by atoms with Gasteiger partial charge in [0.1, 0.15) is 29.7 Å². The highest BCUT2D eigenvalue weighted by molar-refractivity contribution is 5.95. The molecule has 1 aromatic heterocycles. The van der Waals surface area contributed by atoms with Crippen LogP contribution in [-0.2, 0) is 24.8 Å². The molecule has 0 aliphatic carbocycles. The van der Waals surface area contributed by atoms with Crippen molar-refractivity contribution in [3.05, 3.63) is 53.4 Å². The van der Waals surface area contributed by atoms with Crippen LogP contribution in [-0.4, -0.2) is 45.4 Å². The number of amides is 1. The first-order valence-electron chi connectivity index (χ1n) is 9.63. The smallest absolute Gasteiger partial charge is 0.262 e. The number of nitrogens with one attached hydrogen (secondary N) is 1. The minimum atomic E-state index is -0.471. The lowest BCUT2D eigenvalue weighted by atomic mass is 10.0. The number of tetrazole rings is 1. The number of halogens is 2. The molecule has 2 aliphatic rings. The van der Waals surface area contributed by atoms with Crippen LogP contribution in [0.1, 0.15) is 11.4 Å². The van der Waals surface area contributed by atoms with Crippen LogP contribution < -0.4 is 19.7 Å². The number of nitrogens with zero attached hydrogens (tertiary/aromatic N) is 5. The van der Waals surface area contributed by atoms with E-state index in [1.54, 1.807) is 19.2 Å². The van der Waals surface area contributed by atoms with Crippen molar-refractivity contribution in [2.75, 3.05) is 23.4 Å². The third-order valence-corrected chi connectivity index (χ3v) is 5.19. The number of hydrogen-bond acceptors (Lipinski definition) is 7. The summed E-state index contributed by atoms with van der Waals surface area (Å²) in [5, 5.41) is 14.8. The second-order valence-corrected chi connectivity index (χ2v) is 7.38. The summed E-state index contributed by atoms with van der Waals surface area (Å²) in [6.07, 6.45) is 0.400. The highest BCUT2D eigenvalue weighted by atomic mass is 19.1. The van der Waals surface area contributed by atoms with Crippen LogP contribution in [0.25, 0.3) is 0 Å². The normalized spacial score (nSPS) is 17.3. The standard InChI is InChI=1S/C20H18F2N6O3/c1-27-25-19(24-26-27)6-13-9-30-18-5-12(21)2-3-16(18)28(13)8-11-4-15-17(7-14(11)22)31-10-20(29)23-15/h2-5,7,13H,6,8-10H2,1H3,(H,23,29)/t13-/m1/s1. The van der Waals surface area contributed by atoms with Gasteiger partial charge in [-0.2, -0.15) is 4.80 Å². The molecule has 160 valence electrons. The molecule has 1 amide bonds. The predicted molar refractivity (Wildman–Crippen MR) is 105 cm³/mol. The maximum Gasteiger partial charge on any atom is 0.262 e. The molecule has 0 radical (unpaired) electrons. The lowest BCUT2D eigenvalue weighted by Gasteiger charge is -2.38. The first-order valence-corrected chi connectivity index (χ1v) is 9.63. The third kappa shape index (κ3) is 3.74. The molecule has 5 rings (SSSR count). The van der Waals surface area contributed by atoms with Crippen molar-refractivity contribution in [3.63, 3.8) is 0 Å². The van der Waals surface area contributed by atoms with Gasteiger partial charge < -0.3 is 19.7 Å². The fourth-order valence-corrected chi connectivity index (χ4v) is 3.76. The van der Waals surface area contributed by atoms with Crippen molar-refractivity contribution in [2.24, 2.45) is 7.05 Å². The second kappa shape index (κ2) is 7.49. The van der Waals surface area contributed by atoms with Crippen LogP contribution in [0.3, 0.4) is 0 Å². The van der Waals surface area contributed by atoms with Gasteiger partial charge in [0, 0.05) is 30.7 Å². The zero-order chi connectivity index (χ0) is 21.5. The fraction of sp³-hybridized carbons (Fsp3) is 0.300. The summed E-state index contributed by atoms with van der Waals surface area (Å²) in [5.74, 6) is -0.0277. The molecule has 0 unspecified atom stereocenters. The monoisotopic (exact) mass is 428 g/mol. The summed E-state index contributed by atoms with van der Waals surface area (Å²) in [6.45, 7) is 0.240. The molecule has 1 N–H and O–H groups in total. The average molecular weight is 428 g/mol. The molecule has 2 aliphatic heterocycles. The number of fused-ring (bicyclic) bond motifs is 2. The lowest BCUT2D eigenvalue weighted by molar-refractivity contribution is -0.118. The van der Waals surface area contributed by atoms with Gasteiger partial charge in [-0.05, 0) is 23.4 Å². The molecular weight excluding hydrogens is 410 g/mol. The van der Waals surface area contributed by atoms with E-state index >= 15 is 0 Å². The second-order valence-electron chi connectivity index (χ2n) is 7.38. The topological polar surface area (TPSA) is 94.4 Å². The minimum absolute atomic E-state index is 0.151. The van der Waals surface area contributed by atoms with Gasteiger partial charge in [0.15, 0.2) is 12.4 Å². The highest BCUT2D eigenvalue weighted by Crippen LogP contribution is 2.38.